The topological polar surface area (TPSA) is 55.1 Å². The van der Waals surface area contributed by atoms with Gasteiger partial charge in [0, 0.05) is 12.6 Å². The van der Waals surface area contributed by atoms with Crippen molar-refractivity contribution in [2.24, 2.45) is 11.7 Å². The number of nitrogens with two attached hydrogens (primary N) is 1. The Hall–Kier alpha value is -0.410. The third-order valence-electron chi connectivity index (χ3n) is 1.89. The summed E-state index contributed by atoms with van der Waals surface area (Å²) in [5.41, 5.74) is 5.72. The van der Waals surface area contributed by atoms with Gasteiger partial charge >= 0.3 is 0 Å². The van der Waals surface area contributed by atoms with Crippen molar-refractivity contribution in [2.75, 3.05) is 13.1 Å². The van der Waals surface area contributed by atoms with E-state index in [4.69, 9.17) is 10.5 Å². The van der Waals surface area contributed by atoms with E-state index in [0.717, 1.165) is 19.0 Å². The number of hydrogen-bond acceptors (Lipinski definition) is 3. The Morgan fingerprint density at radius 3 is 2.36 bits per heavy atom. The van der Waals surface area contributed by atoms with Crippen LogP contribution >= 0.6 is 0 Å². The molecule has 0 aromatic carbocycles. The van der Waals surface area contributed by atoms with Crippen LogP contribution in [0.15, 0.2) is 0 Å². The molecule has 11 heavy (non-hydrogen) atoms. The maximum atomic E-state index is 8.00. The molecule has 68 valence electrons. The van der Waals surface area contributed by atoms with Gasteiger partial charge in [0.05, 0.1) is 0 Å². The van der Waals surface area contributed by atoms with Gasteiger partial charge in [0.25, 0.3) is 0 Å². The Labute approximate surface area is 69.4 Å². The lowest BCUT2D eigenvalue weighted by Gasteiger charge is -2.25. The number of rotatable bonds is 0. The van der Waals surface area contributed by atoms with Gasteiger partial charge in [0.2, 0.25) is 0 Å². The Morgan fingerprint density at radius 2 is 2.09 bits per heavy atom. The second-order valence-electron chi connectivity index (χ2n) is 2.63. The van der Waals surface area contributed by atoms with Crippen LogP contribution in [0.1, 0.15) is 20.8 Å². The third-order valence-corrected chi connectivity index (χ3v) is 1.89. The second kappa shape index (κ2) is 7.69. The van der Waals surface area contributed by atoms with Gasteiger partial charge < -0.3 is 15.8 Å². The maximum absolute atomic E-state index is 8.00. The van der Waals surface area contributed by atoms with Gasteiger partial charge in [-0.15, -0.1) is 0 Å². The first kappa shape index (κ1) is 13.2. The van der Waals surface area contributed by atoms with Crippen molar-refractivity contribution in [3.8, 4) is 0 Å². The number of carbonyl (C=O) groups is 1. The van der Waals surface area contributed by atoms with E-state index in [-0.39, 0.29) is 7.43 Å². The van der Waals surface area contributed by atoms with Crippen LogP contribution in [0.3, 0.4) is 0 Å². The smallest absolute Gasteiger partial charge is 0.106 e. The summed E-state index contributed by atoms with van der Waals surface area (Å²) in [5.74, 6) is 0.719. The lowest BCUT2D eigenvalue weighted by Crippen LogP contribution is -2.44. The Balaban J connectivity index is 0. The summed E-state index contributed by atoms with van der Waals surface area (Å²) in [4.78, 5) is 8.00. The van der Waals surface area contributed by atoms with Crippen molar-refractivity contribution in [1.29, 1.82) is 0 Å². The fraction of sp³-hybridized carbons (Fsp3) is 0.875. The third kappa shape index (κ3) is 4.93. The van der Waals surface area contributed by atoms with E-state index >= 15 is 0 Å². The van der Waals surface area contributed by atoms with Crippen molar-refractivity contribution in [2.45, 2.75) is 26.8 Å². The number of carbonyl (C=O) groups excluding carboxylic acids is 1. The molecule has 0 radical (unpaired) electrons. The quantitative estimate of drug-likeness (QED) is 0.539. The maximum Gasteiger partial charge on any atom is 0.106 e. The molecule has 0 aromatic heterocycles. The Kier molecular flexibility index (Phi) is 9.23. The first-order valence-corrected chi connectivity index (χ1v) is 3.56. The minimum absolute atomic E-state index is 0. The average Bonchev–Trinajstić information content (AvgIpc) is 2.00. The minimum atomic E-state index is 0. The highest BCUT2D eigenvalue weighted by atomic mass is 16.1. The first-order valence-electron chi connectivity index (χ1n) is 3.56. The van der Waals surface area contributed by atoms with Gasteiger partial charge in [-0.1, -0.05) is 14.4 Å². The fourth-order valence-corrected chi connectivity index (χ4v) is 1.01. The van der Waals surface area contributed by atoms with Gasteiger partial charge in [-0.3, -0.25) is 0 Å². The zero-order valence-corrected chi connectivity index (χ0v) is 6.47. The fourth-order valence-electron chi connectivity index (χ4n) is 1.01. The van der Waals surface area contributed by atoms with E-state index < -0.39 is 0 Å². The van der Waals surface area contributed by atoms with Gasteiger partial charge in [-0.25, -0.2) is 0 Å². The molecular weight excluding hydrogens is 140 g/mol. The van der Waals surface area contributed by atoms with E-state index in [9.17, 15) is 0 Å². The molecule has 1 heterocycles. The van der Waals surface area contributed by atoms with Crippen molar-refractivity contribution in [3.05, 3.63) is 0 Å². The summed E-state index contributed by atoms with van der Waals surface area (Å²) in [5, 5.41) is 3.24. The summed E-state index contributed by atoms with van der Waals surface area (Å²) in [6.45, 7) is 6.36. The van der Waals surface area contributed by atoms with E-state index in [0.29, 0.717) is 6.04 Å². The van der Waals surface area contributed by atoms with Crippen molar-refractivity contribution < 1.29 is 4.79 Å². The molecule has 1 rings (SSSR count). The standard InChI is InChI=1S/C6H14N2.CH2O.CH4/c1-5-2-3-8-4-6(5)7;1-2;/h5-6,8H,2-4,7H2,1H3;1H2;1H4. The highest BCUT2D eigenvalue weighted by Crippen LogP contribution is 2.07. The minimum Gasteiger partial charge on any atom is -0.326 e. The van der Waals surface area contributed by atoms with Crippen LogP contribution < -0.4 is 11.1 Å². The molecule has 0 aliphatic carbocycles. The van der Waals surface area contributed by atoms with E-state index in [2.05, 4.69) is 12.2 Å². The van der Waals surface area contributed by atoms with Crippen LogP contribution in [0.25, 0.3) is 0 Å². The molecular formula is C8H20N2O. The molecule has 0 aromatic rings. The van der Waals surface area contributed by atoms with Crippen LogP contribution in [-0.2, 0) is 4.79 Å². The summed E-state index contributed by atoms with van der Waals surface area (Å²) in [7, 11) is 0. The molecule has 3 heteroatoms. The first-order chi connectivity index (χ1) is 4.80. The zero-order chi connectivity index (χ0) is 7.98. The Morgan fingerprint density at radius 1 is 1.55 bits per heavy atom. The molecule has 1 saturated heterocycles. The van der Waals surface area contributed by atoms with Crippen molar-refractivity contribution >= 4 is 6.79 Å². The molecule has 0 spiro atoms. The monoisotopic (exact) mass is 160 g/mol. The van der Waals surface area contributed by atoms with Crippen LogP contribution in [0.2, 0.25) is 0 Å². The largest absolute Gasteiger partial charge is 0.326 e. The van der Waals surface area contributed by atoms with Crippen LogP contribution in [0, 0.1) is 5.92 Å². The predicted octanol–water partition coefficient (Wildman–Crippen LogP) is 0.394. The molecule has 0 saturated carbocycles. The second-order valence-corrected chi connectivity index (χ2v) is 2.63. The van der Waals surface area contributed by atoms with Crippen LogP contribution in [0.4, 0.5) is 0 Å². The van der Waals surface area contributed by atoms with E-state index in [1.54, 1.807) is 0 Å². The SMILES string of the molecule is C.C=O.CC1CCNCC1N. The summed E-state index contributed by atoms with van der Waals surface area (Å²) >= 11 is 0. The van der Waals surface area contributed by atoms with Crippen LogP contribution in [0.5, 0.6) is 0 Å². The van der Waals surface area contributed by atoms with Gasteiger partial charge in [0.1, 0.15) is 6.79 Å². The number of hydrogen-bond donors (Lipinski definition) is 2. The molecule has 3 nitrogen and oxygen atoms in total. The Bertz CT molecular complexity index is 78.2. The molecule has 0 bridgehead atoms. The highest BCUT2D eigenvalue weighted by Gasteiger charge is 2.15. The number of piperidine rings is 1. The normalized spacial score (nSPS) is 29.3. The van der Waals surface area contributed by atoms with E-state index in [1.165, 1.54) is 6.42 Å². The summed E-state index contributed by atoms with van der Waals surface area (Å²) in [6, 6.07) is 0.392. The lowest BCUT2D eigenvalue weighted by atomic mass is 9.96. The molecule has 2 atom stereocenters. The molecule has 0 amide bonds. The summed E-state index contributed by atoms with van der Waals surface area (Å²) in [6.07, 6.45) is 1.24. The molecule has 1 aliphatic heterocycles. The van der Waals surface area contributed by atoms with Gasteiger partial charge in [-0.05, 0) is 18.9 Å². The van der Waals surface area contributed by atoms with E-state index in [1.807, 2.05) is 6.79 Å². The summed E-state index contributed by atoms with van der Waals surface area (Å²) < 4.78 is 0. The predicted molar refractivity (Wildman–Crippen MR) is 48.5 cm³/mol. The van der Waals surface area contributed by atoms with Crippen LogP contribution in [-0.4, -0.2) is 25.9 Å². The van der Waals surface area contributed by atoms with Gasteiger partial charge in [0.15, 0.2) is 0 Å². The van der Waals surface area contributed by atoms with Crippen molar-refractivity contribution in [3.63, 3.8) is 0 Å². The molecule has 2 unspecified atom stereocenters. The highest BCUT2D eigenvalue weighted by molar-refractivity contribution is 5.10. The van der Waals surface area contributed by atoms with Gasteiger partial charge in [-0.2, -0.15) is 0 Å². The van der Waals surface area contributed by atoms with Crippen molar-refractivity contribution in [1.82, 2.24) is 5.32 Å². The zero-order valence-electron chi connectivity index (χ0n) is 6.47. The lowest BCUT2D eigenvalue weighted by molar-refractivity contribution is -0.0979. The molecule has 1 aliphatic rings. The molecule has 3 N–H and O–H groups in total. The molecule has 1 fully saturated rings. The average molecular weight is 160 g/mol. The number of nitrogens with one attached hydrogen (secondary N) is 1.